The summed E-state index contributed by atoms with van der Waals surface area (Å²) in [4.78, 5) is 27.8. The highest BCUT2D eigenvalue weighted by Crippen LogP contribution is 2.29. The fraction of sp³-hybridized carbons (Fsp3) is 0.278. The number of benzene rings is 1. The van der Waals surface area contributed by atoms with Gasteiger partial charge in [0.15, 0.2) is 0 Å². The van der Waals surface area contributed by atoms with Gasteiger partial charge in [-0.15, -0.1) is 0 Å². The second-order valence-corrected chi connectivity index (χ2v) is 6.14. The van der Waals surface area contributed by atoms with Crippen LogP contribution in [-0.4, -0.2) is 30.0 Å². The summed E-state index contributed by atoms with van der Waals surface area (Å²) >= 11 is 6.12. The van der Waals surface area contributed by atoms with Crippen LogP contribution >= 0.6 is 11.6 Å². The number of anilines is 2. The van der Waals surface area contributed by atoms with E-state index in [1.807, 2.05) is 13.8 Å². The number of methoxy groups -OCH3 is 1. The Hall–Kier alpha value is -2.80. The summed E-state index contributed by atoms with van der Waals surface area (Å²) in [6, 6.07) is 6.40. The molecule has 0 spiro atoms. The molecule has 0 unspecified atom stereocenters. The SMILES string of the molecule is COc1ccc(NC(C)=O)cc1NC(=O)c1cnc(OC(C)C)c(Cl)c1. The van der Waals surface area contributed by atoms with Crippen molar-refractivity contribution in [2.75, 3.05) is 17.7 Å². The fourth-order valence-electron chi connectivity index (χ4n) is 2.14. The number of carbonyl (C=O) groups is 2. The number of hydrogen-bond donors (Lipinski definition) is 2. The molecule has 26 heavy (non-hydrogen) atoms. The molecule has 0 aliphatic rings. The molecular weight excluding hydrogens is 358 g/mol. The Balaban J connectivity index is 2.23. The molecule has 2 amide bonds. The van der Waals surface area contributed by atoms with Gasteiger partial charge in [-0.3, -0.25) is 9.59 Å². The van der Waals surface area contributed by atoms with Crippen LogP contribution < -0.4 is 20.1 Å². The second-order valence-electron chi connectivity index (χ2n) is 5.73. The minimum Gasteiger partial charge on any atom is -0.495 e. The molecule has 0 aliphatic carbocycles. The van der Waals surface area contributed by atoms with Gasteiger partial charge in [-0.25, -0.2) is 4.98 Å². The Morgan fingerprint density at radius 3 is 2.50 bits per heavy atom. The molecule has 1 aromatic heterocycles. The highest BCUT2D eigenvalue weighted by atomic mass is 35.5. The van der Waals surface area contributed by atoms with Crippen molar-refractivity contribution < 1.29 is 19.1 Å². The first-order valence-electron chi connectivity index (χ1n) is 7.89. The molecule has 0 radical (unpaired) electrons. The smallest absolute Gasteiger partial charge is 0.257 e. The van der Waals surface area contributed by atoms with Gasteiger partial charge in [-0.2, -0.15) is 0 Å². The number of aromatic nitrogens is 1. The van der Waals surface area contributed by atoms with Crippen LogP contribution in [0.25, 0.3) is 0 Å². The number of ether oxygens (including phenoxy) is 2. The molecule has 2 rings (SSSR count). The van der Waals surface area contributed by atoms with E-state index in [1.165, 1.54) is 26.3 Å². The van der Waals surface area contributed by atoms with Gasteiger partial charge in [-0.1, -0.05) is 11.6 Å². The first-order valence-corrected chi connectivity index (χ1v) is 8.27. The van der Waals surface area contributed by atoms with Crippen LogP contribution in [0.1, 0.15) is 31.1 Å². The topological polar surface area (TPSA) is 89.6 Å². The second kappa shape index (κ2) is 8.53. The molecule has 0 atom stereocenters. The van der Waals surface area contributed by atoms with Crippen molar-refractivity contribution in [3.05, 3.63) is 41.0 Å². The predicted octanol–water partition coefficient (Wildman–Crippen LogP) is 3.74. The predicted molar refractivity (Wildman–Crippen MR) is 100 cm³/mol. The molecule has 138 valence electrons. The van der Waals surface area contributed by atoms with Crippen molar-refractivity contribution in [2.45, 2.75) is 26.9 Å². The number of carbonyl (C=O) groups excluding carboxylic acids is 2. The van der Waals surface area contributed by atoms with Crippen LogP contribution in [0.15, 0.2) is 30.5 Å². The average Bonchev–Trinajstić information content (AvgIpc) is 2.56. The van der Waals surface area contributed by atoms with Crippen molar-refractivity contribution in [3.63, 3.8) is 0 Å². The molecule has 0 saturated heterocycles. The maximum atomic E-state index is 12.5. The standard InChI is InChI=1S/C18H20ClN3O4/c1-10(2)26-18-14(19)7-12(9-20-18)17(24)22-15-8-13(21-11(3)23)5-6-16(15)25-4/h5-10H,1-4H3,(H,21,23)(H,22,24). The van der Waals surface area contributed by atoms with Crippen LogP contribution in [0.5, 0.6) is 11.6 Å². The molecule has 1 aromatic carbocycles. The van der Waals surface area contributed by atoms with E-state index >= 15 is 0 Å². The summed E-state index contributed by atoms with van der Waals surface area (Å²) in [5.74, 6) is 0.0765. The molecule has 0 fully saturated rings. The van der Waals surface area contributed by atoms with E-state index in [4.69, 9.17) is 21.1 Å². The number of hydrogen-bond acceptors (Lipinski definition) is 5. The van der Waals surface area contributed by atoms with E-state index in [0.29, 0.717) is 17.1 Å². The van der Waals surface area contributed by atoms with E-state index < -0.39 is 5.91 Å². The lowest BCUT2D eigenvalue weighted by Gasteiger charge is -2.13. The summed E-state index contributed by atoms with van der Waals surface area (Å²) in [6.07, 6.45) is 1.30. The molecule has 0 aliphatic heterocycles. The van der Waals surface area contributed by atoms with E-state index in [0.717, 1.165) is 0 Å². The van der Waals surface area contributed by atoms with Gasteiger partial charge in [0, 0.05) is 18.8 Å². The van der Waals surface area contributed by atoms with Gasteiger partial charge in [0.25, 0.3) is 5.91 Å². The van der Waals surface area contributed by atoms with Crippen molar-refractivity contribution in [2.24, 2.45) is 0 Å². The van der Waals surface area contributed by atoms with Crippen LogP contribution in [0.4, 0.5) is 11.4 Å². The molecule has 0 bridgehead atoms. The Morgan fingerprint density at radius 1 is 1.19 bits per heavy atom. The maximum absolute atomic E-state index is 12.5. The summed E-state index contributed by atoms with van der Waals surface area (Å²) in [7, 11) is 1.49. The van der Waals surface area contributed by atoms with Crippen LogP contribution in [0.2, 0.25) is 5.02 Å². The summed E-state index contributed by atoms with van der Waals surface area (Å²) in [6.45, 7) is 5.11. The maximum Gasteiger partial charge on any atom is 0.257 e. The quantitative estimate of drug-likeness (QED) is 0.800. The van der Waals surface area contributed by atoms with E-state index in [-0.39, 0.29) is 28.5 Å². The third kappa shape index (κ3) is 5.10. The monoisotopic (exact) mass is 377 g/mol. The van der Waals surface area contributed by atoms with Gasteiger partial charge in [0.2, 0.25) is 11.8 Å². The van der Waals surface area contributed by atoms with Gasteiger partial charge in [0.05, 0.1) is 24.5 Å². The zero-order valence-electron chi connectivity index (χ0n) is 14.9. The zero-order valence-corrected chi connectivity index (χ0v) is 15.7. The first-order chi connectivity index (χ1) is 12.3. The van der Waals surface area contributed by atoms with Crippen LogP contribution in [0.3, 0.4) is 0 Å². The van der Waals surface area contributed by atoms with Gasteiger partial charge in [-0.05, 0) is 38.1 Å². The number of nitrogens with one attached hydrogen (secondary N) is 2. The Kier molecular flexibility index (Phi) is 6.41. The number of pyridine rings is 1. The lowest BCUT2D eigenvalue weighted by atomic mass is 10.2. The lowest BCUT2D eigenvalue weighted by molar-refractivity contribution is -0.114. The number of halogens is 1. The molecule has 2 aromatic rings. The number of nitrogens with zero attached hydrogens (tertiary/aromatic N) is 1. The largest absolute Gasteiger partial charge is 0.495 e. The molecule has 1 heterocycles. The third-order valence-electron chi connectivity index (χ3n) is 3.18. The highest BCUT2D eigenvalue weighted by molar-refractivity contribution is 6.32. The van der Waals surface area contributed by atoms with Crippen molar-refractivity contribution in [1.82, 2.24) is 4.98 Å². The molecule has 2 N–H and O–H groups in total. The van der Waals surface area contributed by atoms with Crippen molar-refractivity contribution >= 4 is 34.8 Å². The average molecular weight is 378 g/mol. The molecule has 7 nitrogen and oxygen atoms in total. The summed E-state index contributed by atoms with van der Waals surface area (Å²) in [5.41, 5.74) is 1.20. The van der Waals surface area contributed by atoms with Gasteiger partial charge in [0.1, 0.15) is 10.8 Å². The summed E-state index contributed by atoms with van der Waals surface area (Å²) in [5, 5.41) is 5.61. The molecular formula is C18H20ClN3O4. The van der Waals surface area contributed by atoms with Gasteiger partial charge < -0.3 is 20.1 Å². The molecule has 8 heteroatoms. The van der Waals surface area contributed by atoms with Crippen LogP contribution in [-0.2, 0) is 4.79 Å². The van der Waals surface area contributed by atoms with Gasteiger partial charge >= 0.3 is 0 Å². The van der Waals surface area contributed by atoms with E-state index in [9.17, 15) is 9.59 Å². The van der Waals surface area contributed by atoms with Crippen LogP contribution in [0, 0.1) is 0 Å². The third-order valence-corrected chi connectivity index (χ3v) is 3.46. The van der Waals surface area contributed by atoms with Crippen molar-refractivity contribution in [1.29, 1.82) is 0 Å². The highest BCUT2D eigenvalue weighted by Gasteiger charge is 2.14. The Morgan fingerprint density at radius 2 is 1.92 bits per heavy atom. The number of amides is 2. The Bertz CT molecular complexity index is 824. The minimum absolute atomic E-state index is 0.0829. The summed E-state index contributed by atoms with van der Waals surface area (Å²) < 4.78 is 10.7. The number of rotatable bonds is 6. The first kappa shape index (κ1) is 19.5. The normalized spacial score (nSPS) is 10.4. The van der Waals surface area contributed by atoms with E-state index in [1.54, 1.807) is 18.2 Å². The zero-order chi connectivity index (χ0) is 19.3. The van der Waals surface area contributed by atoms with E-state index in [2.05, 4.69) is 15.6 Å². The fourth-order valence-corrected chi connectivity index (χ4v) is 2.35. The Labute approximate surface area is 156 Å². The molecule has 0 saturated carbocycles. The lowest BCUT2D eigenvalue weighted by Crippen LogP contribution is -2.14. The minimum atomic E-state index is -0.422. The van der Waals surface area contributed by atoms with Crippen molar-refractivity contribution in [3.8, 4) is 11.6 Å².